The molecule has 0 saturated heterocycles. The molecule has 1 fully saturated rings. The van der Waals surface area contributed by atoms with Gasteiger partial charge < -0.3 is 9.64 Å². The van der Waals surface area contributed by atoms with Crippen LogP contribution in [0.15, 0.2) is 29.8 Å². The second kappa shape index (κ2) is 7.10. The van der Waals surface area contributed by atoms with Crippen LogP contribution in [0.4, 0.5) is 0 Å². The predicted molar refractivity (Wildman–Crippen MR) is 89.1 cm³/mol. The van der Waals surface area contributed by atoms with Gasteiger partial charge in [-0.1, -0.05) is 19.1 Å². The second-order valence-corrected chi connectivity index (χ2v) is 6.07. The molecule has 0 amide bonds. The summed E-state index contributed by atoms with van der Waals surface area (Å²) in [5.41, 5.74) is 1.72. The third kappa shape index (κ3) is 4.08. The SMILES string of the molecule is COc1cccc(/C=C2\CCC(C)(CN(C)C)C2=O)c1.Cl. The molecule has 2 rings (SSSR count). The number of ether oxygens (including phenoxy) is 1. The van der Waals surface area contributed by atoms with E-state index in [0.29, 0.717) is 0 Å². The second-order valence-electron chi connectivity index (χ2n) is 6.07. The van der Waals surface area contributed by atoms with Crippen molar-refractivity contribution < 1.29 is 9.53 Å². The minimum atomic E-state index is -0.242. The number of halogens is 1. The number of hydrogen-bond acceptors (Lipinski definition) is 3. The van der Waals surface area contributed by atoms with Gasteiger partial charge in [-0.15, -0.1) is 12.4 Å². The molecule has 1 saturated carbocycles. The van der Waals surface area contributed by atoms with Crippen LogP contribution < -0.4 is 4.74 Å². The maximum atomic E-state index is 12.6. The van der Waals surface area contributed by atoms with Gasteiger partial charge in [-0.3, -0.25) is 4.79 Å². The highest BCUT2D eigenvalue weighted by atomic mass is 35.5. The number of nitrogens with zero attached hydrogens (tertiary/aromatic N) is 1. The highest BCUT2D eigenvalue weighted by molar-refractivity contribution is 6.05. The lowest BCUT2D eigenvalue weighted by Crippen LogP contribution is -2.34. The fourth-order valence-electron chi connectivity index (χ4n) is 2.94. The van der Waals surface area contributed by atoms with E-state index in [1.807, 2.05) is 44.4 Å². The standard InChI is InChI=1S/C17H23NO2.ClH/c1-17(12-18(2)3)9-8-14(16(17)19)10-13-6-5-7-15(11-13)20-4;/h5-7,10-11H,8-9,12H2,1-4H3;1H/b14-10+;. The van der Waals surface area contributed by atoms with Crippen molar-refractivity contribution in [2.45, 2.75) is 19.8 Å². The first-order chi connectivity index (χ1) is 9.44. The molecule has 0 aliphatic heterocycles. The largest absolute Gasteiger partial charge is 0.497 e. The van der Waals surface area contributed by atoms with Crippen LogP contribution in [-0.2, 0) is 4.79 Å². The van der Waals surface area contributed by atoms with Gasteiger partial charge in [0.05, 0.1) is 7.11 Å². The summed E-state index contributed by atoms with van der Waals surface area (Å²) < 4.78 is 5.22. The molecule has 21 heavy (non-hydrogen) atoms. The Bertz CT molecular complexity index is 539. The molecule has 1 atom stereocenters. The highest BCUT2D eigenvalue weighted by Crippen LogP contribution is 2.39. The van der Waals surface area contributed by atoms with Gasteiger partial charge in [0.15, 0.2) is 5.78 Å². The summed E-state index contributed by atoms with van der Waals surface area (Å²) in [5, 5.41) is 0. The lowest BCUT2D eigenvalue weighted by atomic mass is 9.86. The molecule has 1 aliphatic rings. The first-order valence-electron chi connectivity index (χ1n) is 6.99. The van der Waals surface area contributed by atoms with Gasteiger partial charge in [-0.25, -0.2) is 0 Å². The lowest BCUT2D eigenvalue weighted by molar-refractivity contribution is -0.122. The molecule has 1 aromatic rings. The van der Waals surface area contributed by atoms with Crippen LogP contribution in [0, 0.1) is 5.41 Å². The number of ketones is 1. The van der Waals surface area contributed by atoms with E-state index >= 15 is 0 Å². The smallest absolute Gasteiger partial charge is 0.166 e. The van der Waals surface area contributed by atoms with E-state index in [0.717, 1.165) is 36.3 Å². The first-order valence-corrected chi connectivity index (χ1v) is 6.99. The third-order valence-corrected chi connectivity index (χ3v) is 3.89. The number of carbonyl (C=O) groups excluding carboxylic acids is 1. The fraction of sp³-hybridized carbons (Fsp3) is 0.471. The van der Waals surface area contributed by atoms with Crippen LogP contribution in [-0.4, -0.2) is 38.4 Å². The summed E-state index contributed by atoms with van der Waals surface area (Å²) in [6.07, 6.45) is 3.80. The number of allylic oxidation sites excluding steroid dienone is 1. The minimum absolute atomic E-state index is 0. The summed E-state index contributed by atoms with van der Waals surface area (Å²) in [6.45, 7) is 2.88. The van der Waals surface area contributed by atoms with Gasteiger partial charge >= 0.3 is 0 Å². The molecule has 0 spiro atoms. The number of benzene rings is 1. The quantitative estimate of drug-likeness (QED) is 0.798. The van der Waals surface area contributed by atoms with Gasteiger partial charge in [0, 0.05) is 12.0 Å². The number of carbonyl (C=O) groups is 1. The maximum Gasteiger partial charge on any atom is 0.166 e. The summed E-state index contributed by atoms with van der Waals surface area (Å²) >= 11 is 0. The summed E-state index contributed by atoms with van der Waals surface area (Å²) in [4.78, 5) is 14.7. The van der Waals surface area contributed by atoms with Gasteiger partial charge in [-0.2, -0.15) is 0 Å². The van der Waals surface area contributed by atoms with E-state index in [1.54, 1.807) is 7.11 Å². The van der Waals surface area contributed by atoms with Crippen molar-refractivity contribution >= 4 is 24.3 Å². The molecule has 1 aromatic carbocycles. The normalized spacial score (nSPS) is 23.5. The molecule has 0 aromatic heterocycles. The molecular weight excluding hydrogens is 286 g/mol. The Labute approximate surface area is 133 Å². The fourth-order valence-corrected chi connectivity index (χ4v) is 2.94. The molecule has 1 aliphatic carbocycles. The monoisotopic (exact) mass is 309 g/mol. The summed E-state index contributed by atoms with van der Waals surface area (Å²) in [7, 11) is 5.69. The molecule has 3 nitrogen and oxygen atoms in total. The Kier molecular flexibility index (Phi) is 5.99. The van der Waals surface area contributed by atoms with Crippen LogP contribution in [0.5, 0.6) is 5.75 Å². The topological polar surface area (TPSA) is 29.5 Å². The van der Waals surface area contributed by atoms with E-state index in [-0.39, 0.29) is 23.6 Å². The number of hydrogen-bond donors (Lipinski definition) is 0. The summed E-state index contributed by atoms with van der Waals surface area (Å²) in [5.74, 6) is 1.11. The van der Waals surface area contributed by atoms with Crippen molar-refractivity contribution in [2.75, 3.05) is 27.7 Å². The lowest BCUT2D eigenvalue weighted by Gasteiger charge is -2.25. The van der Waals surface area contributed by atoms with Crippen molar-refractivity contribution in [3.8, 4) is 5.75 Å². The average Bonchev–Trinajstić information content (AvgIpc) is 2.66. The molecule has 0 N–H and O–H groups in total. The molecule has 0 heterocycles. The number of Topliss-reactive ketones (excluding diaryl/α,β-unsaturated/α-hetero) is 1. The third-order valence-electron chi connectivity index (χ3n) is 3.89. The van der Waals surface area contributed by atoms with Gasteiger partial charge in [0.1, 0.15) is 5.75 Å². The van der Waals surface area contributed by atoms with Gasteiger partial charge in [0.2, 0.25) is 0 Å². The summed E-state index contributed by atoms with van der Waals surface area (Å²) in [6, 6.07) is 7.82. The van der Waals surface area contributed by atoms with E-state index in [2.05, 4.69) is 11.8 Å². The van der Waals surface area contributed by atoms with E-state index in [1.165, 1.54) is 0 Å². The molecule has 116 valence electrons. The first kappa shape index (κ1) is 17.7. The van der Waals surface area contributed by atoms with Crippen molar-refractivity contribution in [2.24, 2.45) is 5.41 Å². The van der Waals surface area contributed by atoms with Crippen LogP contribution in [0.2, 0.25) is 0 Å². The van der Waals surface area contributed by atoms with Crippen LogP contribution >= 0.6 is 12.4 Å². The van der Waals surface area contributed by atoms with Crippen molar-refractivity contribution in [1.29, 1.82) is 0 Å². The molecule has 1 unspecified atom stereocenters. The number of methoxy groups -OCH3 is 1. The Morgan fingerprint density at radius 1 is 1.38 bits per heavy atom. The van der Waals surface area contributed by atoms with Gasteiger partial charge in [-0.05, 0) is 56.3 Å². The number of rotatable bonds is 4. The zero-order valence-electron chi connectivity index (χ0n) is 13.2. The van der Waals surface area contributed by atoms with E-state index < -0.39 is 0 Å². The van der Waals surface area contributed by atoms with Crippen LogP contribution in [0.1, 0.15) is 25.3 Å². The van der Waals surface area contributed by atoms with Crippen molar-refractivity contribution in [1.82, 2.24) is 4.90 Å². The van der Waals surface area contributed by atoms with Crippen molar-refractivity contribution in [3.05, 3.63) is 35.4 Å². The Morgan fingerprint density at radius 3 is 2.71 bits per heavy atom. The van der Waals surface area contributed by atoms with E-state index in [9.17, 15) is 4.79 Å². The molecule has 4 heteroatoms. The van der Waals surface area contributed by atoms with E-state index in [4.69, 9.17) is 4.74 Å². The Morgan fingerprint density at radius 2 is 2.10 bits per heavy atom. The van der Waals surface area contributed by atoms with Crippen LogP contribution in [0.25, 0.3) is 6.08 Å². The highest BCUT2D eigenvalue weighted by Gasteiger charge is 2.40. The maximum absolute atomic E-state index is 12.6. The molecular formula is C17H24ClNO2. The zero-order chi connectivity index (χ0) is 14.8. The van der Waals surface area contributed by atoms with Gasteiger partial charge in [0.25, 0.3) is 0 Å². The molecule has 0 radical (unpaired) electrons. The molecule has 0 bridgehead atoms. The average molecular weight is 310 g/mol. The Balaban J connectivity index is 0.00000220. The zero-order valence-corrected chi connectivity index (χ0v) is 14.0. The predicted octanol–water partition coefficient (Wildman–Crippen LogP) is 3.43. The minimum Gasteiger partial charge on any atom is -0.497 e. The Hall–Kier alpha value is -1.32. The van der Waals surface area contributed by atoms with Crippen molar-refractivity contribution in [3.63, 3.8) is 0 Å². The van der Waals surface area contributed by atoms with Crippen LogP contribution in [0.3, 0.4) is 0 Å².